The van der Waals surface area contributed by atoms with E-state index in [1.54, 1.807) is 4.52 Å². The van der Waals surface area contributed by atoms with Crippen LogP contribution in [0, 0.1) is 13.8 Å². The van der Waals surface area contributed by atoms with Crippen molar-refractivity contribution in [2.24, 2.45) is 0 Å². The van der Waals surface area contributed by atoms with Gasteiger partial charge in [0.25, 0.3) is 5.78 Å². The van der Waals surface area contributed by atoms with Crippen LogP contribution in [0.25, 0.3) is 17.0 Å². The Labute approximate surface area is 185 Å². The highest BCUT2D eigenvalue weighted by atomic mass is 79.9. The zero-order valence-corrected chi connectivity index (χ0v) is 19.1. The van der Waals surface area contributed by atoms with E-state index in [4.69, 9.17) is 5.73 Å². The van der Waals surface area contributed by atoms with Gasteiger partial charge in [-0.3, -0.25) is 4.79 Å². The lowest BCUT2D eigenvalue weighted by Gasteiger charge is -2.14. The van der Waals surface area contributed by atoms with Gasteiger partial charge >= 0.3 is 0 Å². The fourth-order valence-corrected chi connectivity index (χ4v) is 4.33. The first-order valence-electron chi connectivity index (χ1n) is 9.31. The number of carbonyl (C=O) groups excluding carboxylic acids is 1. The van der Waals surface area contributed by atoms with Crippen molar-refractivity contribution < 1.29 is 4.79 Å². The second-order valence-corrected chi connectivity index (χ2v) is 8.79. The van der Waals surface area contributed by atoms with Gasteiger partial charge in [0.1, 0.15) is 5.01 Å². The molecule has 4 aromatic rings. The predicted octanol–water partition coefficient (Wildman–Crippen LogP) is 3.63. The van der Waals surface area contributed by atoms with Gasteiger partial charge in [-0.1, -0.05) is 28.1 Å². The van der Waals surface area contributed by atoms with Crippen molar-refractivity contribution in [3.05, 3.63) is 56.1 Å². The number of nitrogens with zero attached hydrogens (tertiary/aromatic N) is 5. The monoisotopic (exact) mass is 485 g/mol. The average Bonchev–Trinajstić information content (AvgIpc) is 3.32. The van der Waals surface area contributed by atoms with Gasteiger partial charge in [0, 0.05) is 32.4 Å². The second-order valence-electron chi connectivity index (χ2n) is 6.99. The molecule has 8 nitrogen and oxygen atoms in total. The Morgan fingerprint density at radius 1 is 1.23 bits per heavy atom. The molecule has 30 heavy (non-hydrogen) atoms. The molecular formula is C20H20BrN7OS. The standard InChI is InChI=1S/C20H20BrN7OS/c1-10-15(12(3)28-20(24-10)26-19(22)27-28)8-17(29)23-11(2)18-25-16(9-30-18)13-4-6-14(21)7-5-13/h4-7,9,11H,8H2,1-3H3,(H2,22,27)(H,23,29). The summed E-state index contributed by atoms with van der Waals surface area (Å²) in [6.45, 7) is 5.67. The van der Waals surface area contributed by atoms with Crippen LogP contribution in [0.4, 0.5) is 5.95 Å². The first-order valence-corrected chi connectivity index (χ1v) is 11.0. The fraction of sp³-hybridized carbons (Fsp3) is 0.250. The van der Waals surface area contributed by atoms with E-state index < -0.39 is 0 Å². The van der Waals surface area contributed by atoms with E-state index in [1.807, 2.05) is 50.4 Å². The summed E-state index contributed by atoms with van der Waals surface area (Å²) >= 11 is 4.97. The lowest BCUT2D eigenvalue weighted by atomic mass is 10.1. The number of amides is 1. The number of rotatable bonds is 5. The highest BCUT2D eigenvalue weighted by Crippen LogP contribution is 2.26. The minimum absolute atomic E-state index is 0.108. The van der Waals surface area contributed by atoms with Crippen LogP contribution in [0.1, 0.15) is 34.9 Å². The Morgan fingerprint density at radius 2 is 1.97 bits per heavy atom. The van der Waals surface area contributed by atoms with Crippen LogP contribution < -0.4 is 11.1 Å². The quantitative estimate of drug-likeness (QED) is 0.446. The van der Waals surface area contributed by atoms with E-state index >= 15 is 0 Å². The molecule has 3 aromatic heterocycles. The number of anilines is 1. The van der Waals surface area contributed by atoms with Crippen molar-refractivity contribution in [3.63, 3.8) is 0 Å². The van der Waals surface area contributed by atoms with E-state index in [9.17, 15) is 4.79 Å². The first kappa shape index (κ1) is 20.4. The number of benzene rings is 1. The average molecular weight is 486 g/mol. The van der Waals surface area contributed by atoms with Crippen LogP contribution in [-0.2, 0) is 11.2 Å². The SMILES string of the molecule is Cc1nc2nc(N)nn2c(C)c1CC(=O)NC(C)c1nc(-c2ccc(Br)cc2)cs1. The topological polar surface area (TPSA) is 111 Å². The second kappa shape index (κ2) is 8.11. The van der Waals surface area contributed by atoms with Gasteiger partial charge in [-0.15, -0.1) is 16.4 Å². The summed E-state index contributed by atoms with van der Waals surface area (Å²) in [6.07, 6.45) is 0.190. The summed E-state index contributed by atoms with van der Waals surface area (Å²) in [4.78, 5) is 25.9. The number of hydrogen-bond donors (Lipinski definition) is 2. The zero-order valence-electron chi connectivity index (χ0n) is 16.7. The van der Waals surface area contributed by atoms with Gasteiger partial charge in [0.05, 0.1) is 18.2 Å². The van der Waals surface area contributed by atoms with Gasteiger partial charge in [0.15, 0.2) is 0 Å². The summed E-state index contributed by atoms with van der Waals surface area (Å²) < 4.78 is 2.59. The van der Waals surface area contributed by atoms with Gasteiger partial charge in [-0.25, -0.2) is 9.97 Å². The number of fused-ring (bicyclic) bond motifs is 1. The number of thiazole rings is 1. The minimum Gasteiger partial charge on any atom is -0.366 e. The van der Waals surface area contributed by atoms with E-state index in [1.165, 1.54) is 11.3 Å². The maximum Gasteiger partial charge on any atom is 0.254 e. The number of halogens is 1. The van der Waals surface area contributed by atoms with Crippen LogP contribution in [0.3, 0.4) is 0 Å². The molecule has 1 amide bonds. The van der Waals surface area contributed by atoms with Crippen molar-refractivity contribution in [1.29, 1.82) is 0 Å². The molecule has 1 aromatic carbocycles. The molecule has 3 N–H and O–H groups in total. The molecular weight excluding hydrogens is 466 g/mol. The molecule has 0 aliphatic heterocycles. The summed E-state index contributed by atoms with van der Waals surface area (Å²) in [5, 5.41) is 10.0. The Kier molecular flexibility index (Phi) is 5.52. The zero-order chi connectivity index (χ0) is 21.4. The molecule has 0 aliphatic rings. The van der Waals surface area contributed by atoms with E-state index in [0.717, 1.165) is 37.7 Å². The molecule has 0 fully saturated rings. The van der Waals surface area contributed by atoms with Crippen LogP contribution in [0.2, 0.25) is 0 Å². The van der Waals surface area contributed by atoms with Crippen molar-refractivity contribution in [2.75, 3.05) is 5.73 Å². The van der Waals surface area contributed by atoms with E-state index in [2.05, 4.69) is 41.3 Å². The van der Waals surface area contributed by atoms with E-state index in [-0.39, 0.29) is 24.3 Å². The summed E-state index contributed by atoms with van der Waals surface area (Å²) in [5.41, 5.74) is 9.96. The van der Waals surface area contributed by atoms with Crippen molar-refractivity contribution in [1.82, 2.24) is 29.9 Å². The molecule has 10 heteroatoms. The molecule has 0 spiro atoms. The maximum atomic E-state index is 12.7. The lowest BCUT2D eigenvalue weighted by molar-refractivity contribution is -0.121. The number of aryl methyl sites for hydroxylation is 2. The van der Waals surface area contributed by atoms with E-state index in [0.29, 0.717) is 5.78 Å². The van der Waals surface area contributed by atoms with Crippen LogP contribution >= 0.6 is 27.3 Å². The number of carbonyl (C=O) groups is 1. The molecule has 0 radical (unpaired) electrons. The molecule has 4 rings (SSSR count). The lowest BCUT2D eigenvalue weighted by Crippen LogP contribution is -2.29. The Hall–Kier alpha value is -2.85. The third kappa shape index (κ3) is 4.05. The first-order chi connectivity index (χ1) is 14.3. The highest BCUT2D eigenvalue weighted by Gasteiger charge is 2.18. The Balaban J connectivity index is 1.48. The molecule has 0 saturated carbocycles. The van der Waals surface area contributed by atoms with Gasteiger partial charge in [0.2, 0.25) is 11.9 Å². The van der Waals surface area contributed by atoms with Gasteiger partial charge in [-0.2, -0.15) is 9.50 Å². The van der Waals surface area contributed by atoms with Crippen LogP contribution in [0.15, 0.2) is 34.1 Å². The largest absolute Gasteiger partial charge is 0.366 e. The summed E-state index contributed by atoms with van der Waals surface area (Å²) in [7, 11) is 0. The number of nitrogen functional groups attached to an aromatic ring is 1. The molecule has 1 atom stereocenters. The molecule has 0 saturated heterocycles. The number of nitrogens with two attached hydrogens (primary N) is 1. The third-order valence-corrected chi connectivity index (χ3v) is 6.37. The van der Waals surface area contributed by atoms with Crippen LogP contribution in [0.5, 0.6) is 0 Å². The molecule has 0 aliphatic carbocycles. The number of aromatic nitrogens is 5. The fourth-order valence-electron chi connectivity index (χ4n) is 3.23. The Morgan fingerprint density at radius 3 is 2.70 bits per heavy atom. The predicted molar refractivity (Wildman–Crippen MR) is 120 cm³/mol. The highest BCUT2D eigenvalue weighted by molar-refractivity contribution is 9.10. The molecule has 0 bridgehead atoms. The smallest absolute Gasteiger partial charge is 0.254 e. The number of nitrogens with one attached hydrogen (secondary N) is 1. The van der Waals surface area contributed by atoms with Crippen molar-refractivity contribution >= 4 is 44.9 Å². The van der Waals surface area contributed by atoms with Crippen molar-refractivity contribution in [3.8, 4) is 11.3 Å². The minimum atomic E-state index is -0.203. The maximum absolute atomic E-state index is 12.7. The van der Waals surface area contributed by atoms with Gasteiger partial charge in [-0.05, 0) is 32.9 Å². The Bertz CT molecular complexity index is 1230. The van der Waals surface area contributed by atoms with Crippen molar-refractivity contribution in [2.45, 2.75) is 33.2 Å². The number of hydrogen-bond acceptors (Lipinski definition) is 7. The summed E-state index contributed by atoms with van der Waals surface area (Å²) in [6, 6.07) is 7.79. The molecule has 154 valence electrons. The van der Waals surface area contributed by atoms with Crippen LogP contribution in [-0.4, -0.2) is 30.5 Å². The van der Waals surface area contributed by atoms with Gasteiger partial charge < -0.3 is 11.1 Å². The third-order valence-electron chi connectivity index (χ3n) is 4.81. The normalized spacial score (nSPS) is 12.3. The molecule has 1 unspecified atom stereocenters. The summed E-state index contributed by atoms with van der Waals surface area (Å²) in [5.74, 6) is 0.484. The molecule has 3 heterocycles.